The summed E-state index contributed by atoms with van der Waals surface area (Å²) in [6, 6.07) is 17.3. The van der Waals surface area contributed by atoms with Crippen molar-refractivity contribution in [3.8, 4) is 0 Å². The summed E-state index contributed by atoms with van der Waals surface area (Å²) in [5, 5.41) is 21.8. The van der Waals surface area contributed by atoms with E-state index in [2.05, 4.69) is 45.6 Å². The van der Waals surface area contributed by atoms with Gasteiger partial charge < -0.3 is 26.6 Å². The summed E-state index contributed by atoms with van der Waals surface area (Å²) in [7, 11) is 0. The molecule has 2 rings (SSSR count). The fraction of sp³-hybridized carbons (Fsp3) is 0.423. The van der Waals surface area contributed by atoms with E-state index in [1.165, 1.54) is 0 Å². The molecule has 0 bridgehead atoms. The van der Waals surface area contributed by atoms with Crippen LogP contribution in [0.3, 0.4) is 0 Å². The number of alkyl halides is 3. The molecular formula is C26H33BrF3N3O5. The van der Waals surface area contributed by atoms with Gasteiger partial charge in [0.25, 0.3) is 0 Å². The lowest BCUT2D eigenvalue weighted by molar-refractivity contribution is -0.192. The van der Waals surface area contributed by atoms with Gasteiger partial charge in [-0.3, -0.25) is 4.79 Å². The molecular weight excluding hydrogens is 571 g/mol. The summed E-state index contributed by atoms with van der Waals surface area (Å²) in [4.78, 5) is 31.9. The molecule has 38 heavy (non-hydrogen) atoms. The van der Waals surface area contributed by atoms with Crippen LogP contribution in [-0.2, 0) is 9.59 Å². The van der Waals surface area contributed by atoms with Crippen molar-refractivity contribution < 1.29 is 37.8 Å². The zero-order chi connectivity index (χ0) is 28.8. The number of carbonyl (C=O) groups excluding carboxylic acids is 1. The quantitative estimate of drug-likeness (QED) is 0.185. The number of urea groups is 1. The Morgan fingerprint density at radius 3 is 2.03 bits per heavy atom. The topological polar surface area (TPSA) is 142 Å². The summed E-state index contributed by atoms with van der Waals surface area (Å²) in [6.45, 7) is 2.66. The van der Waals surface area contributed by atoms with E-state index in [4.69, 9.17) is 20.7 Å². The standard InChI is InChI=1S/C24H32BrN3O3.C2HF3O2/c1-18(19-8-3-2-4-9-19)24(26,16-7-10-22(29)30)15-5-6-17-27-23(31)28-21-13-11-20(25)12-14-21;3-2(4,5)1(6)7/h2-4,8-9,11-14,18H,5-7,10,15-17,26H2,1H3,(H,29,30)(H2,27,28,31);(H,6,7)/t18-,24?;/m0./s1. The molecule has 0 aliphatic rings. The average Bonchev–Trinajstić information content (AvgIpc) is 2.85. The van der Waals surface area contributed by atoms with Crippen molar-refractivity contribution in [3.63, 3.8) is 0 Å². The molecule has 0 aliphatic heterocycles. The van der Waals surface area contributed by atoms with Gasteiger partial charge in [0.1, 0.15) is 0 Å². The molecule has 0 radical (unpaired) electrons. The number of aliphatic carboxylic acids is 2. The highest BCUT2D eigenvalue weighted by Crippen LogP contribution is 2.34. The largest absolute Gasteiger partial charge is 0.490 e. The second-order valence-electron chi connectivity index (χ2n) is 8.76. The molecule has 2 atom stereocenters. The molecule has 0 spiro atoms. The summed E-state index contributed by atoms with van der Waals surface area (Å²) in [6.07, 6.45) is -1.35. The van der Waals surface area contributed by atoms with Crippen molar-refractivity contribution in [2.45, 2.75) is 63.1 Å². The molecule has 8 nitrogen and oxygen atoms in total. The van der Waals surface area contributed by atoms with E-state index in [1.54, 1.807) is 0 Å². The summed E-state index contributed by atoms with van der Waals surface area (Å²) >= 11 is 3.37. The fourth-order valence-corrected chi connectivity index (χ4v) is 3.95. The molecule has 2 aromatic carbocycles. The smallest absolute Gasteiger partial charge is 0.481 e. The van der Waals surface area contributed by atoms with Crippen LogP contribution >= 0.6 is 15.9 Å². The van der Waals surface area contributed by atoms with E-state index in [1.807, 2.05) is 42.5 Å². The van der Waals surface area contributed by atoms with Crippen LogP contribution in [0.25, 0.3) is 0 Å². The minimum Gasteiger partial charge on any atom is -0.481 e. The Balaban J connectivity index is 0.000000905. The van der Waals surface area contributed by atoms with E-state index in [0.717, 1.165) is 35.0 Å². The molecule has 2 aromatic rings. The van der Waals surface area contributed by atoms with Crippen LogP contribution in [0.15, 0.2) is 59.1 Å². The summed E-state index contributed by atoms with van der Waals surface area (Å²) < 4.78 is 32.7. The molecule has 2 amide bonds. The average molecular weight is 604 g/mol. The number of amides is 2. The van der Waals surface area contributed by atoms with Gasteiger partial charge in [-0.05, 0) is 67.9 Å². The van der Waals surface area contributed by atoms with E-state index in [-0.39, 0.29) is 18.4 Å². The Morgan fingerprint density at radius 1 is 0.947 bits per heavy atom. The Hall–Kier alpha value is -3.12. The first kappa shape index (κ1) is 32.9. The number of carbonyl (C=O) groups is 3. The lowest BCUT2D eigenvalue weighted by atomic mass is 9.74. The normalized spacial score (nSPS) is 13.3. The van der Waals surface area contributed by atoms with Crippen molar-refractivity contribution in [3.05, 3.63) is 64.6 Å². The van der Waals surface area contributed by atoms with Crippen LogP contribution in [0.4, 0.5) is 23.7 Å². The van der Waals surface area contributed by atoms with E-state index < -0.39 is 23.7 Å². The monoisotopic (exact) mass is 603 g/mol. The summed E-state index contributed by atoms with van der Waals surface area (Å²) in [5.41, 5.74) is 8.22. The number of carboxylic acid groups (broad SMARTS) is 2. The zero-order valence-corrected chi connectivity index (χ0v) is 22.5. The van der Waals surface area contributed by atoms with Crippen LogP contribution in [0, 0.1) is 0 Å². The first-order chi connectivity index (χ1) is 17.7. The van der Waals surface area contributed by atoms with Crippen LogP contribution in [0.1, 0.15) is 56.9 Å². The lowest BCUT2D eigenvalue weighted by Gasteiger charge is -2.36. The van der Waals surface area contributed by atoms with Crippen LogP contribution in [0.5, 0.6) is 0 Å². The first-order valence-electron chi connectivity index (χ1n) is 11.9. The van der Waals surface area contributed by atoms with Gasteiger partial charge in [0.2, 0.25) is 0 Å². The van der Waals surface area contributed by atoms with Gasteiger partial charge in [-0.15, -0.1) is 0 Å². The van der Waals surface area contributed by atoms with Crippen molar-refractivity contribution in [2.24, 2.45) is 5.73 Å². The molecule has 0 saturated heterocycles. The number of hydrogen-bond acceptors (Lipinski definition) is 4. The lowest BCUT2D eigenvalue weighted by Crippen LogP contribution is -2.45. The number of anilines is 1. The van der Waals surface area contributed by atoms with Gasteiger partial charge in [-0.25, -0.2) is 9.59 Å². The maximum atomic E-state index is 12.0. The molecule has 0 saturated carbocycles. The zero-order valence-electron chi connectivity index (χ0n) is 20.9. The predicted molar refractivity (Wildman–Crippen MR) is 142 cm³/mol. The highest BCUT2D eigenvalue weighted by Gasteiger charge is 2.38. The number of rotatable bonds is 12. The maximum absolute atomic E-state index is 12.0. The Morgan fingerprint density at radius 2 is 1.50 bits per heavy atom. The number of carboxylic acids is 2. The SMILES string of the molecule is C[C@@H](c1ccccc1)C(N)(CCCCNC(=O)Nc1ccc(Br)cc1)CCCC(=O)O.O=C(O)C(F)(F)F. The van der Waals surface area contributed by atoms with Gasteiger partial charge >= 0.3 is 24.1 Å². The number of nitrogens with one attached hydrogen (secondary N) is 2. The number of hydrogen-bond donors (Lipinski definition) is 5. The minimum atomic E-state index is -5.08. The Bertz CT molecular complexity index is 1020. The van der Waals surface area contributed by atoms with E-state index in [0.29, 0.717) is 19.4 Å². The van der Waals surface area contributed by atoms with Crippen LogP contribution in [0.2, 0.25) is 0 Å². The van der Waals surface area contributed by atoms with Crippen LogP contribution in [-0.4, -0.2) is 46.4 Å². The maximum Gasteiger partial charge on any atom is 0.490 e. The molecule has 12 heteroatoms. The molecule has 6 N–H and O–H groups in total. The van der Waals surface area contributed by atoms with Crippen molar-refractivity contribution in [1.82, 2.24) is 5.32 Å². The third kappa shape index (κ3) is 12.9. The fourth-order valence-electron chi connectivity index (χ4n) is 3.69. The molecule has 1 unspecified atom stereocenters. The van der Waals surface area contributed by atoms with Crippen molar-refractivity contribution in [2.75, 3.05) is 11.9 Å². The predicted octanol–water partition coefficient (Wildman–Crippen LogP) is 6.13. The van der Waals surface area contributed by atoms with Crippen LogP contribution < -0.4 is 16.4 Å². The number of halogens is 4. The number of unbranched alkanes of at least 4 members (excludes halogenated alkanes) is 1. The van der Waals surface area contributed by atoms with Gasteiger partial charge in [-0.1, -0.05) is 53.2 Å². The van der Waals surface area contributed by atoms with Gasteiger partial charge in [0.15, 0.2) is 0 Å². The molecule has 0 heterocycles. The molecule has 0 aliphatic carbocycles. The second kappa shape index (κ2) is 16.0. The molecule has 0 aromatic heterocycles. The second-order valence-corrected chi connectivity index (χ2v) is 9.68. The first-order valence-corrected chi connectivity index (χ1v) is 12.7. The minimum absolute atomic E-state index is 0.108. The van der Waals surface area contributed by atoms with Gasteiger partial charge in [0.05, 0.1) is 0 Å². The number of benzene rings is 2. The van der Waals surface area contributed by atoms with Crippen molar-refractivity contribution in [1.29, 1.82) is 0 Å². The highest BCUT2D eigenvalue weighted by atomic mass is 79.9. The van der Waals surface area contributed by atoms with Crippen molar-refractivity contribution >= 4 is 39.6 Å². The Labute approximate surface area is 227 Å². The highest BCUT2D eigenvalue weighted by molar-refractivity contribution is 9.10. The summed E-state index contributed by atoms with van der Waals surface area (Å²) in [5.74, 6) is -3.45. The van der Waals surface area contributed by atoms with Gasteiger partial charge in [0, 0.05) is 28.7 Å². The Kier molecular flexibility index (Phi) is 13.8. The third-order valence-corrected chi connectivity index (χ3v) is 6.42. The van der Waals surface area contributed by atoms with E-state index in [9.17, 15) is 22.8 Å². The van der Waals surface area contributed by atoms with E-state index >= 15 is 0 Å². The molecule has 0 fully saturated rings. The number of nitrogens with two attached hydrogens (primary N) is 1. The third-order valence-electron chi connectivity index (χ3n) is 5.89. The van der Waals surface area contributed by atoms with Gasteiger partial charge in [-0.2, -0.15) is 13.2 Å². The molecule has 210 valence electrons.